The number of cyclic esters (lactones) is 1. The van der Waals surface area contributed by atoms with E-state index in [0.717, 1.165) is 16.7 Å². The summed E-state index contributed by atoms with van der Waals surface area (Å²) in [5, 5.41) is 0.673. The summed E-state index contributed by atoms with van der Waals surface area (Å²) in [6.45, 7) is 0.0722. The van der Waals surface area contributed by atoms with E-state index in [0.29, 0.717) is 10.9 Å². The fourth-order valence-corrected chi connectivity index (χ4v) is 2.31. The molecule has 1 atom stereocenters. The first-order valence-corrected chi connectivity index (χ1v) is 6.88. The van der Waals surface area contributed by atoms with Gasteiger partial charge in [0.25, 0.3) is 0 Å². The summed E-state index contributed by atoms with van der Waals surface area (Å²) in [7, 11) is 0. The summed E-state index contributed by atoms with van der Waals surface area (Å²) >= 11 is 5.88. The van der Waals surface area contributed by atoms with Crippen LogP contribution in [0.5, 0.6) is 0 Å². The second kappa shape index (κ2) is 5.68. The van der Waals surface area contributed by atoms with E-state index >= 15 is 0 Å². The highest BCUT2D eigenvalue weighted by Gasteiger charge is 2.19. The molecule has 0 radical (unpaired) electrons. The number of aliphatic imine (C=N–C) groups is 1. The molecule has 0 saturated carbocycles. The third kappa shape index (κ3) is 2.96. The monoisotopic (exact) mass is 300 g/mol. The van der Waals surface area contributed by atoms with Crippen LogP contribution in [0.25, 0.3) is 0 Å². The molecule has 1 heterocycles. The molecule has 0 fully saturated rings. The summed E-state index contributed by atoms with van der Waals surface area (Å²) in [4.78, 5) is 15.2. The number of hydrogen-bond acceptors (Lipinski definition) is 4. The van der Waals surface area contributed by atoms with Gasteiger partial charge in [-0.25, -0.2) is 9.79 Å². The van der Waals surface area contributed by atoms with Crippen LogP contribution in [0.4, 0.5) is 0 Å². The van der Waals surface area contributed by atoms with Gasteiger partial charge in [-0.3, -0.25) is 0 Å². The van der Waals surface area contributed by atoms with E-state index in [1.165, 1.54) is 0 Å². The zero-order valence-electron chi connectivity index (χ0n) is 11.1. The molecule has 0 aromatic heterocycles. The Morgan fingerprint density at radius 1 is 1.14 bits per heavy atom. The lowest BCUT2D eigenvalue weighted by atomic mass is 9.98. The van der Waals surface area contributed by atoms with E-state index in [1.54, 1.807) is 0 Å². The number of rotatable bonds is 3. The molecule has 2 N–H and O–H groups in total. The molecule has 1 aliphatic heterocycles. The van der Waals surface area contributed by atoms with Crippen LogP contribution in [0.1, 0.15) is 22.7 Å². The number of ether oxygens (including phenoxy) is 1. The van der Waals surface area contributed by atoms with E-state index in [2.05, 4.69) is 4.99 Å². The normalized spacial score (nSPS) is 15.5. The molecule has 0 amide bonds. The Morgan fingerprint density at radius 2 is 1.90 bits per heavy atom. The summed E-state index contributed by atoms with van der Waals surface area (Å²) in [5.41, 5.74) is 8.90. The van der Waals surface area contributed by atoms with Gasteiger partial charge in [-0.2, -0.15) is 0 Å². The molecular formula is C16H13ClN2O2. The highest BCUT2D eigenvalue weighted by atomic mass is 35.5. The minimum Gasteiger partial charge on any atom is -0.406 e. The number of hydrogen-bond donors (Lipinski definition) is 1. The third-order valence-corrected chi connectivity index (χ3v) is 3.54. The molecule has 0 aliphatic carbocycles. The number of carbonyl (C=O) groups is 1. The van der Waals surface area contributed by atoms with E-state index < -0.39 is 0 Å². The molecule has 21 heavy (non-hydrogen) atoms. The molecule has 0 bridgehead atoms. The molecule has 3 rings (SSSR count). The Morgan fingerprint density at radius 3 is 2.57 bits per heavy atom. The molecule has 106 valence electrons. The lowest BCUT2D eigenvalue weighted by Crippen LogP contribution is -2.13. The van der Waals surface area contributed by atoms with Crippen LogP contribution in [0.3, 0.4) is 0 Å². The van der Waals surface area contributed by atoms with Crippen molar-refractivity contribution >= 4 is 23.5 Å². The molecule has 2 aromatic rings. The van der Waals surface area contributed by atoms with Gasteiger partial charge in [-0.1, -0.05) is 35.9 Å². The number of carbonyl (C=O) groups excluding carboxylic acids is 1. The van der Waals surface area contributed by atoms with E-state index in [1.807, 2.05) is 48.5 Å². The molecule has 0 unspecified atom stereocenters. The molecule has 1 aliphatic rings. The summed E-state index contributed by atoms with van der Waals surface area (Å²) in [6, 6.07) is 14.7. The van der Waals surface area contributed by atoms with Crippen molar-refractivity contribution in [3.63, 3.8) is 0 Å². The number of esters is 1. The first-order valence-electron chi connectivity index (χ1n) is 6.50. The molecule has 5 heteroatoms. The van der Waals surface area contributed by atoms with Gasteiger partial charge in [0.2, 0.25) is 5.90 Å². The average Bonchev–Trinajstić information content (AvgIpc) is 2.94. The first-order chi connectivity index (χ1) is 10.1. The number of nitrogens with zero attached hydrogens (tertiary/aromatic N) is 1. The summed E-state index contributed by atoms with van der Waals surface area (Å²) in [5.74, 6) is 0.0163. The molecule has 2 aromatic carbocycles. The largest absolute Gasteiger partial charge is 0.406 e. The highest BCUT2D eigenvalue weighted by molar-refractivity contribution is 6.30. The van der Waals surface area contributed by atoms with Gasteiger partial charge >= 0.3 is 5.97 Å². The van der Waals surface area contributed by atoms with Crippen molar-refractivity contribution < 1.29 is 9.53 Å². The van der Waals surface area contributed by atoms with E-state index in [4.69, 9.17) is 22.1 Å². The van der Waals surface area contributed by atoms with Crippen molar-refractivity contribution in [2.45, 2.75) is 6.04 Å². The van der Waals surface area contributed by atoms with E-state index in [9.17, 15) is 4.79 Å². The van der Waals surface area contributed by atoms with Crippen LogP contribution < -0.4 is 5.73 Å². The Balaban J connectivity index is 1.89. The quantitative estimate of drug-likeness (QED) is 0.886. The van der Waals surface area contributed by atoms with Gasteiger partial charge in [0.1, 0.15) is 6.54 Å². The third-order valence-electron chi connectivity index (χ3n) is 3.28. The van der Waals surface area contributed by atoms with Crippen molar-refractivity contribution in [1.82, 2.24) is 0 Å². The van der Waals surface area contributed by atoms with Gasteiger partial charge in [0.15, 0.2) is 0 Å². The number of halogens is 1. The zero-order chi connectivity index (χ0) is 14.8. The van der Waals surface area contributed by atoms with Crippen molar-refractivity contribution in [3.05, 3.63) is 70.2 Å². The Kier molecular flexibility index (Phi) is 3.73. The molecule has 0 saturated heterocycles. The van der Waals surface area contributed by atoms with Crippen molar-refractivity contribution in [3.8, 4) is 0 Å². The Hall–Kier alpha value is -2.17. The van der Waals surface area contributed by atoms with Crippen molar-refractivity contribution in [2.24, 2.45) is 10.7 Å². The molecule has 4 nitrogen and oxygen atoms in total. The van der Waals surface area contributed by atoms with Crippen LogP contribution in [-0.2, 0) is 9.53 Å². The first kappa shape index (κ1) is 13.8. The Bertz CT molecular complexity index is 710. The summed E-state index contributed by atoms with van der Waals surface area (Å²) in [6.07, 6.45) is 0. The van der Waals surface area contributed by atoms with Gasteiger partial charge in [0, 0.05) is 10.6 Å². The smallest absolute Gasteiger partial charge is 0.334 e. The van der Waals surface area contributed by atoms with Crippen LogP contribution in [0.15, 0.2) is 53.5 Å². The highest BCUT2D eigenvalue weighted by Crippen LogP contribution is 2.23. The second-order valence-corrected chi connectivity index (χ2v) is 5.19. The second-order valence-electron chi connectivity index (χ2n) is 4.75. The topological polar surface area (TPSA) is 64.7 Å². The summed E-state index contributed by atoms with van der Waals surface area (Å²) < 4.78 is 5.06. The fraction of sp³-hybridized carbons (Fsp3) is 0.125. The lowest BCUT2D eigenvalue weighted by Gasteiger charge is -2.13. The maximum absolute atomic E-state index is 11.1. The van der Waals surface area contributed by atoms with Crippen LogP contribution >= 0.6 is 11.6 Å². The standard InChI is InChI=1S/C16H13ClN2O2/c17-13-6-4-10(5-7-13)15(18)11-2-1-3-12(8-11)16-19-9-14(20)21-16/h1-8,15H,9,18H2/t15-/m0/s1. The number of benzene rings is 2. The lowest BCUT2D eigenvalue weighted by molar-refractivity contribution is -0.132. The fourth-order valence-electron chi connectivity index (χ4n) is 2.19. The van der Waals surface area contributed by atoms with Gasteiger partial charge in [-0.05, 0) is 35.4 Å². The van der Waals surface area contributed by atoms with Crippen LogP contribution in [0, 0.1) is 0 Å². The number of nitrogens with two attached hydrogens (primary N) is 1. The maximum atomic E-state index is 11.1. The van der Waals surface area contributed by atoms with Crippen molar-refractivity contribution in [1.29, 1.82) is 0 Å². The van der Waals surface area contributed by atoms with Crippen molar-refractivity contribution in [2.75, 3.05) is 6.54 Å². The predicted octanol–water partition coefficient (Wildman–Crippen LogP) is 2.69. The van der Waals surface area contributed by atoms with E-state index in [-0.39, 0.29) is 18.6 Å². The van der Waals surface area contributed by atoms with Gasteiger partial charge < -0.3 is 10.5 Å². The van der Waals surface area contributed by atoms with Gasteiger partial charge in [0.05, 0.1) is 6.04 Å². The SMILES string of the molecule is N[C@@H](c1ccc(Cl)cc1)c1cccc(C2=NCC(=O)O2)c1. The molecular weight excluding hydrogens is 288 g/mol. The van der Waals surface area contributed by atoms with Crippen LogP contribution in [0.2, 0.25) is 5.02 Å². The zero-order valence-corrected chi connectivity index (χ0v) is 11.9. The minimum absolute atomic E-state index is 0.0722. The predicted molar refractivity (Wildman–Crippen MR) is 81.4 cm³/mol. The average molecular weight is 301 g/mol. The minimum atomic E-state index is -0.336. The Labute approximate surface area is 127 Å². The van der Waals surface area contributed by atoms with Crippen LogP contribution in [-0.4, -0.2) is 18.4 Å². The van der Waals surface area contributed by atoms with Gasteiger partial charge in [-0.15, -0.1) is 0 Å². The maximum Gasteiger partial charge on any atom is 0.334 e. The molecule has 0 spiro atoms.